The third kappa shape index (κ3) is 4.34. The molecule has 0 atom stereocenters. The molecule has 0 saturated heterocycles. The Bertz CT molecular complexity index is 891. The summed E-state index contributed by atoms with van der Waals surface area (Å²) in [5.74, 6) is 1.30. The number of carbonyl (C=O) groups is 1. The predicted octanol–water partition coefficient (Wildman–Crippen LogP) is 4.98. The summed E-state index contributed by atoms with van der Waals surface area (Å²) in [6.07, 6.45) is 0. The quantitative estimate of drug-likeness (QED) is 0.598. The number of halogens is 1. The van der Waals surface area contributed by atoms with Gasteiger partial charge in [0.15, 0.2) is 5.69 Å². The molecule has 0 unspecified atom stereocenters. The minimum absolute atomic E-state index is 0.214. The number of rotatable bonds is 6. The Balaban J connectivity index is 1.96. The van der Waals surface area contributed by atoms with E-state index < -0.39 is 0 Å². The maximum atomic E-state index is 13.0. The molecule has 0 spiro atoms. The zero-order valence-electron chi connectivity index (χ0n) is 14.6. The molecule has 3 rings (SSSR count). The zero-order valence-corrected chi connectivity index (χ0v) is 17.0. The van der Waals surface area contributed by atoms with Gasteiger partial charge in [0.1, 0.15) is 5.69 Å². The number of hydrogen-bond donors (Lipinski definition) is 1. The van der Waals surface area contributed by atoms with Crippen LogP contribution in [0.4, 0.5) is 5.69 Å². The van der Waals surface area contributed by atoms with E-state index in [-0.39, 0.29) is 5.91 Å². The molecule has 1 aromatic heterocycles. The molecule has 5 nitrogen and oxygen atoms in total. The molecule has 0 radical (unpaired) electrons. The van der Waals surface area contributed by atoms with Crippen LogP contribution in [0.3, 0.4) is 0 Å². The second-order valence-corrected chi connectivity index (χ2v) is 7.89. The summed E-state index contributed by atoms with van der Waals surface area (Å²) in [5.41, 5.74) is 3.80. The number of thioether (sulfide) groups is 1. The molecule has 1 heterocycles. The lowest BCUT2D eigenvalue weighted by Gasteiger charge is -2.09. The van der Waals surface area contributed by atoms with Crippen LogP contribution in [0.15, 0.2) is 53.0 Å². The second kappa shape index (κ2) is 8.51. The molecular formula is C19H19BrN4OS. The molecule has 0 bridgehead atoms. The third-order valence-electron chi connectivity index (χ3n) is 3.79. The summed E-state index contributed by atoms with van der Waals surface area (Å²) in [6, 6.07) is 15.4. The highest BCUT2D eigenvalue weighted by Crippen LogP contribution is 2.25. The van der Waals surface area contributed by atoms with Gasteiger partial charge >= 0.3 is 0 Å². The number of aryl methyl sites for hydroxylation is 1. The van der Waals surface area contributed by atoms with E-state index in [9.17, 15) is 4.79 Å². The normalized spacial score (nSPS) is 10.7. The molecule has 7 heteroatoms. The summed E-state index contributed by atoms with van der Waals surface area (Å²) < 4.78 is 2.63. The molecule has 3 aromatic rings. The average Bonchev–Trinajstić information content (AvgIpc) is 3.06. The van der Waals surface area contributed by atoms with Crippen molar-refractivity contribution in [3.8, 4) is 11.3 Å². The van der Waals surface area contributed by atoms with Crippen LogP contribution in [0.5, 0.6) is 0 Å². The predicted molar refractivity (Wildman–Crippen MR) is 110 cm³/mol. The Labute approximate surface area is 165 Å². The Morgan fingerprint density at radius 2 is 1.85 bits per heavy atom. The Morgan fingerprint density at radius 1 is 1.15 bits per heavy atom. The highest BCUT2D eigenvalue weighted by molar-refractivity contribution is 9.10. The minimum Gasteiger partial charge on any atom is -0.321 e. The number of benzene rings is 2. The van der Waals surface area contributed by atoms with Crippen LogP contribution in [0.1, 0.15) is 23.0 Å². The van der Waals surface area contributed by atoms with Gasteiger partial charge in [-0.25, -0.2) is 4.68 Å². The molecule has 134 valence electrons. The molecule has 26 heavy (non-hydrogen) atoms. The number of amides is 1. The molecule has 1 amide bonds. The van der Waals surface area contributed by atoms with Crippen molar-refractivity contribution < 1.29 is 4.79 Å². The van der Waals surface area contributed by atoms with Crippen molar-refractivity contribution in [2.45, 2.75) is 19.7 Å². The van der Waals surface area contributed by atoms with Gasteiger partial charge in [0.2, 0.25) is 0 Å². The van der Waals surface area contributed by atoms with Gasteiger partial charge in [0.25, 0.3) is 5.91 Å². The van der Waals surface area contributed by atoms with Gasteiger partial charge < -0.3 is 5.32 Å². The number of hydrogen-bond acceptors (Lipinski definition) is 4. The fraction of sp³-hybridized carbons (Fsp3) is 0.211. The van der Waals surface area contributed by atoms with E-state index in [2.05, 4.69) is 38.5 Å². The van der Waals surface area contributed by atoms with Gasteiger partial charge in [-0.15, -0.1) is 16.9 Å². The summed E-state index contributed by atoms with van der Waals surface area (Å²) in [4.78, 5) is 13.0. The van der Waals surface area contributed by atoms with Crippen molar-refractivity contribution in [2.24, 2.45) is 0 Å². The molecule has 2 aromatic carbocycles. The molecule has 1 N–H and O–H groups in total. The molecule has 0 aliphatic carbocycles. The first-order chi connectivity index (χ1) is 12.6. The van der Waals surface area contributed by atoms with Gasteiger partial charge in [-0.05, 0) is 36.9 Å². The van der Waals surface area contributed by atoms with Gasteiger partial charge in [-0.1, -0.05) is 57.9 Å². The lowest BCUT2D eigenvalue weighted by atomic mass is 10.1. The van der Waals surface area contributed by atoms with E-state index in [1.807, 2.05) is 55.5 Å². The topological polar surface area (TPSA) is 59.8 Å². The van der Waals surface area contributed by atoms with Gasteiger partial charge in [0, 0.05) is 15.7 Å². The minimum atomic E-state index is -0.214. The molecule has 0 fully saturated rings. The van der Waals surface area contributed by atoms with Crippen molar-refractivity contribution >= 4 is 39.3 Å². The van der Waals surface area contributed by atoms with Gasteiger partial charge in [0.05, 0.1) is 5.88 Å². The van der Waals surface area contributed by atoms with Crippen LogP contribution in [-0.4, -0.2) is 26.7 Å². The Hall–Kier alpha value is -2.12. The van der Waals surface area contributed by atoms with E-state index in [0.717, 1.165) is 27.0 Å². The molecule has 0 aliphatic rings. The first-order valence-electron chi connectivity index (χ1n) is 8.23. The third-order valence-corrected chi connectivity index (χ3v) is 5.16. The van der Waals surface area contributed by atoms with E-state index in [1.54, 1.807) is 16.4 Å². The molecule has 0 saturated carbocycles. The van der Waals surface area contributed by atoms with Crippen LogP contribution in [-0.2, 0) is 5.88 Å². The summed E-state index contributed by atoms with van der Waals surface area (Å²) in [6.45, 7) is 4.08. The van der Waals surface area contributed by atoms with Gasteiger partial charge in [-0.3, -0.25) is 4.79 Å². The van der Waals surface area contributed by atoms with Crippen LogP contribution in [0.25, 0.3) is 11.3 Å². The maximum absolute atomic E-state index is 13.0. The SMILES string of the molecule is CCSCn1nnc(-c2ccc(Br)cc2)c1C(=O)Nc1ccc(C)cc1. The summed E-state index contributed by atoms with van der Waals surface area (Å²) in [5, 5.41) is 11.4. The van der Waals surface area contributed by atoms with Crippen molar-refractivity contribution in [1.82, 2.24) is 15.0 Å². The number of aromatic nitrogens is 3. The zero-order chi connectivity index (χ0) is 18.5. The van der Waals surface area contributed by atoms with Crippen LogP contribution < -0.4 is 5.32 Å². The van der Waals surface area contributed by atoms with Crippen molar-refractivity contribution in [1.29, 1.82) is 0 Å². The van der Waals surface area contributed by atoms with Crippen molar-refractivity contribution in [2.75, 3.05) is 11.1 Å². The van der Waals surface area contributed by atoms with Crippen molar-refractivity contribution in [3.63, 3.8) is 0 Å². The van der Waals surface area contributed by atoms with E-state index in [4.69, 9.17) is 0 Å². The molecular weight excluding hydrogens is 412 g/mol. The Kier molecular flexibility index (Phi) is 6.11. The smallest absolute Gasteiger partial charge is 0.276 e. The van der Waals surface area contributed by atoms with E-state index in [0.29, 0.717) is 17.3 Å². The highest BCUT2D eigenvalue weighted by atomic mass is 79.9. The highest BCUT2D eigenvalue weighted by Gasteiger charge is 2.22. The summed E-state index contributed by atoms with van der Waals surface area (Å²) in [7, 11) is 0. The lowest BCUT2D eigenvalue weighted by molar-refractivity contribution is 0.101. The van der Waals surface area contributed by atoms with Gasteiger partial charge in [-0.2, -0.15) is 0 Å². The fourth-order valence-electron chi connectivity index (χ4n) is 2.44. The largest absolute Gasteiger partial charge is 0.321 e. The molecule has 0 aliphatic heterocycles. The number of carbonyl (C=O) groups excluding carboxylic acids is 1. The first kappa shape index (κ1) is 18.7. The fourth-order valence-corrected chi connectivity index (χ4v) is 3.24. The van der Waals surface area contributed by atoms with Crippen molar-refractivity contribution in [3.05, 3.63) is 64.3 Å². The van der Waals surface area contributed by atoms with Crippen LogP contribution in [0.2, 0.25) is 0 Å². The number of nitrogens with zero attached hydrogens (tertiary/aromatic N) is 3. The Morgan fingerprint density at radius 3 is 2.50 bits per heavy atom. The van der Waals surface area contributed by atoms with E-state index in [1.165, 1.54) is 0 Å². The monoisotopic (exact) mass is 430 g/mol. The van der Waals surface area contributed by atoms with E-state index >= 15 is 0 Å². The number of nitrogens with one attached hydrogen (secondary N) is 1. The second-order valence-electron chi connectivity index (χ2n) is 5.74. The average molecular weight is 431 g/mol. The van der Waals surface area contributed by atoms with Crippen LogP contribution >= 0.6 is 27.7 Å². The first-order valence-corrected chi connectivity index (χ1v) is 10.2. The summed E-state index contributed by atoms with van der Waals surface area (Å²) >= 11 is 5.12. The number of anilines is 1. The standard InChI is InChI=1S/C19H19BrN4OS/c1-3-26-12-24-18(19(25)21-16-10-4-13(2)5-11-16)17(22-23-24)14-6-8-15(20)9-7-14/h4-11H,3,12H2,1-2H3,(H,21,25). The maximum Gasteiger partial charge on any atom is 0.276 e. The lowest BCUT2D eigenvalue weighted by Crippen LogP contribution is -2.18. The van der Waals surface area contributed by atoms with Crippen LogP contribution in [0, 0.1) is 6.92 Å².